The van der Waals surface area contributed by atoms with E-state index in [1.165, 1.54) is 0 Å². The number of rotatable bonds is 7. The van der Waals surface area contributed by atoms with Crippen LogP contribution in [0.15, 0.2) is 47.8 Å². The largest absolute Gasteiger partial charge is 0.377 e. The molecular weight excluding hydrogens is 348 g/mol. The van der Waals surface area contributed by atoms with E-state index in [1.807, 2.05) is 6.07 Å². The van der Waals surface area contributed by atoms with Gasteiger partial charge in [-0.25, -0.2) is 8.42 Å². The minimum Gasteiger partial charge on any atom is -0.377 e. The number of nitrogens with zero attached hydrogens (tertiary/aromatic N) is 1. The summed E-state index contributed by atoms with van der Waals surface area (Å²) in [5.74, 6) is -3.86. The SMILES string of the molecule is N#CC(c1cccs1)C(O)(CS(=O)(=O)Cc1ccccc1)C(N)=O. The van der Waals surface area contributed by atoms with E-state index < -0.39 is 33.0 Å². The van der Waals surface area contributed by atoms with Gasteiger partial charge < -0.3 is 10.8 Å². The van der Waals surface area contributed by atoms with Gasteiger partial charge in [0.1, 0.15) is 5.92 Å². The molecule has 8 heteroatoms. The fraction of sp³-hybridized carbons (Fsp3) is 0.250. The van der Waals surface area contributed by atoms with E-state index in [4.69, 9.17) is 5.73 Å². The van der Waals surface area contributed by atoms with Crippen molar-refractivity contribution in [1.82, 2.24) is 0 Å². The van der Waals surface area contributed by atoms with Crippen LogP contribution in [0.5, 0.6) is 0 Å². The van der Waals surface area contributed by atoms with Crippen molar-refractivity contribution in [2.45, 2.75) is 17.3 Å². The molecule has 1 heterocycles. The van der Waals surface area contributed by atoms with Crippen molar-refractivity contribution in [1.29, 1.82) is 5.26 Å². The summed E-state index contributed by atoms with van der Waals surface area (Å²) in [5, 5.41) is 21.7. The molecule has 2 unspecified atom stereocenters. The number of carbonyl (C=O) groups is 1. The fourth-order valence-corrected chi connectivity index (χ4v) is 5.01. The lowest BCUT2D eigenvalue weighted by Crippen LogP contribution is -2.53. The van der Waals surface area contributed by atoms with Crippen LogP contribution in [0.1, 0.15) is 16.4 Å². The second kappa shape index (κ2) is 7.13. The third-order valence-corrected chi connectivity index (χ3v) is 6.12. The van der Waals surface area contributed by atoms with Crippen molar-refractivity contribution in [2.24, 2.45) is 5.73 Å². The molecule has 0 fully saturated rings. The summed E-state index contributed by atoms with van der Waals surface area (Å²) < 4.78 is 24.9. The predicted octanol–water partition coefficient (Wildman–Crippen LogP) is 1.19. The van der Waals surface area contributed by atoms with Crippen molar-refractivity contribution in [3.63, 3.8) is 0 Å². The van der Waals surface area contributed by atoms with Gasteiger partial charge in [0.2, 0.25) is 0 Å². The maximum Gasteiger partial charge on any atom is 0.252 e. The molecule has 0 aliphatic rings. The molecule has 0 radical (unpaired) electrons. The second-order valence-electron chi connectivity index (χ2n) is 5.38. The lowest BCUT2D eigenvalue weighted by Gasteiger charge is -2.28. The van der Waals surface area contributed by atoms with Gasteiger partial charge in [0.15, 0.2) is 15.4 Å². The molecule has 0 spiro atoms. The van der Waals surface area contributed by atoms with Gasteiger partial charge in [-0.3, -0.25) is 4.79 Å². The van der Waals surface area contributed by atoms with Gasteiger partial charge in [-0.05, 0) is 17.0 Å². The molecule has 6 nitrogen and oxygen atoms in total. The van der Waals surface area contributed by atoms with E-state index in [0.29, 0.717) is 10.4 Å². The Morgan fingerprint density at radius 1 is 1.29 bits per heavy atom. The van der Waals surface area contributed by atoms with Crippen molar-refractivity contribution in [2.75, 3.05) is 5.75 Å². The van der Waals surface area contributed by atoms with Gasteiger partial charge in [0, 0.05) is 4.88 Å². The molecule has 126 valence electrons. The molecule has 0 aliphatic carbocycles. The molecule has 0 aliphatic heterocycles. The van der Waals surface area contributed by atoms with Gasteiger partial charge >= 0.3 is 0 Å². The zero-order valence-corrected chi connectivity index (χ0v) is 14.3. The average molecular weight is 364 g/mol. The van der Waals surface area contributed by atoms with Gasteiger partial charge in [0.05, 0.1) is 17.6 Å². The Morgan fingerprint density at radius 3 is 2.46 bits per heavy atom. The molecule has 1 amide bonds. The molecule has 0 saturated carbocycles. The highest BCUT2D eigenvalue weighted by atomic mass is 32.2. The molecule has 0 bridgehead atoms. The van der Waals surface area contributed by atoms with Crippen molar-refractivity contribution >= 4 is 27.1 Å². The van der Waals surface area contributed by atoms with Gasteiger partial charge in [0.25, 0.3) is 5.91 Å². The number of primary amides is 1. The Hall–Kier alpha value is -2.21. The van der Waals surface area contributed by atoms with Crippen LogP contribution in [0.2, 0.25) is 0 Å². The monoisotopic (exact) mass is 364 g/mol. The zero-order chi connectivity index (χ0) is 17.8. The summed E-state index contributed by atoms with van der Waals surface area (Å²) in [6.45, 7) is 0. The summed E-state index contributed by atoms with van der Waals surface area (Å²) >= 11 is 1.14. The van der Waals surface area contributed by atoms with Crippen LogP contribution < -0.4 is 5.73 Å². The summed E-state index contributed by atoms with van der Waals surface area (Å²) in [7, 11) is -3.88. The summed E-state index contributed by atoms with van der Waals surface area (Å²) in [6.07, 6.45) is 0. The van der Waals surface area contributed by atoms with E-state index in [0.717, 1.165) is 11.3 Å². The quantitative estimate of drug-likeness (QED) is 0.764. The predicted molar refractivity (Wildman–Crippen MR) is 90.8 cm³/mol. The van der Waals surface area contributed by atoms with Crippen LogP contribution in [0.3, 0.4) is 0 Å². The van der Waals surface area contributed by atoms with Crippen LogP contribution in [0.4, 0.5) is 0 Å². The number of sulfone groups is 1. The van der Waals surface area contributed by atoms with Crippen LogP contribution in [0.25, 0.3) is 0 Å². The first kappa shape index (κ1) is 18.1. The molecule has 1 aromatic heterocycles. The van der Waals surface area contributed by atoms with E-state index in [2.05, 4.69) is 0 Å². The molecule has 24 heavy (non-hydrogen) atoms. The minimum absolute atomic E-state index is 0.355. The van der Waals surface area contributed by atoms with Crippen LogP contribution in [0, 0.1) is 11.3 Å². The maximum atomic E-state index is 12.4. The number of hydrogen-bond acceptors (Lipinski definition) is 6. The van der Waals surface area contributed by atoms with Crippen molar-refractivity contribution in [3.8, 4) is 6.07 Å². The molecule has 0 saturated heterocycles. The zero-order valence-electron chi connectivity index (χ0n) is 12.6. The number of thiophene rings is 1. The van der Waals surface area contributed by atoms with Gasteiger partial charge in [-0.1, -0.05) is 36.4 Å². The lowest BCUT2D eigenvalue weighted by atomic mass is 9.88. The first-order valence-corrected chi connectivity index (χ1v) is 9.68. The Morgan fingerprint density at radius 2 is 1.96 bits per heavy atom. The number of hydrogen-bond donors (Lipinski definition) is 2. The average Bonchev–Trinajstić information content (AvgIpc) is 3.01. The van der Waals surface area contributed by atoms with E-state index in [1.54, 1.807) is 47.8 Å². The van der Waals surface area contributed by atoms with Gasteiger partial charge in [-0.2, -0.15) is 5.26 Å². The molecule has 2 aromatic rings. The van der Waals surface area contributed by atoms with Crippen molar-refractivity contribution in [3.05, 3.63) is 58.3 Å². The third-order valence-electron chi connectivity index (χ3n) is 3.53. The second-order valence-corrected chi connectivity index (χ2v) is 8.43. The van der Waals surface area contributed by atoms with Crippen LogP contribution >= 0.6 is 11.3 Å². The van der Waals surface area contributed by atoms with Gasteiger partial charge in [-0.15, -0.1) is 11.3 Å². The van der Waals surface area contributed by atoms with E-state index >= 15 is 0 Å². The standard InChI is InChI=1S/C16H16N2O4S2/c17-9-13(14-7-4-8-23-14)16(20,15(18)19)11-24(21,22)10-12-5-2-1-3-6-12/h1-8,13,20H,10-11H2,(H2,18,19). The Balaban J connectivity index is 2.33. The topological polar surface area (TPSA) is 121 Å². The molecule has 3 N–H and O–H groups in total. The van der Waals surface area contributed by atoms with Crippen LogP contribution in [-0.2, 0) is 20.4 Å². The maximum absolute atomic E-state index is 12.4. The highest BCUT2D eigenvalue weighted by Gasteiger charge is 2.47. The van der Waals surface area contributed by atoms with E-state index in [-0.39, 0.29) is 5.75 Å². The summed E-state index contributed by atoms with van der Waals surface area (Å²) in [6, 6.07) is 13.4. The normalized spacial score (nSPS) is 15.2. The van der Waals surface area contributed by atoms with Crippen LogP contribution in [-0.4, -0.2) is 30.8 Å². The molecule has 1 aromatic carbocycles. The first-order chi connectivity index (χ1) is 11.3. The molecular formula is C16H16N2O4S2. The number of benzene rings is 1. The Kier molecular flexibility index (Phi) is 5.39. The summed E-state index contributed by atoms with van der Waals surface area (Å²) in [4.78, 5) is 12.2. The fourth-order valence-electron chi connectivity index (χ4n) is 2.37. The number of nitrogens with two attached hydrogens (primary N) is 1. The highest BCUT2D eigenvalue weighted by molar-refractivity contribution is 7.90. The minimum atomic E-state index is -3.88. The number of aliphatic hydroxyl groups is 1. The molecule has 2 atom stereocenters. The summed E-state index contributed by atoms with van der Waals surface area (Å²) in [5.41, 5.74) is 3.28. The Bertz CT molecular complexity index is 842. The smallest absolute Gasteiger partial charge is 0.252 e. The number of nitriles is 1. The Labute approximate surface area is 144 Å². The third kappa shape index (κ3) is 4.00. The highest BCUT2D eigenvalue weighted by Crippen LogP contribution is 2.33. The van der Waals surface area contributed by atoms with E-state index in [9.17, 15) is 23.6 Å². The number of carbonyl (C=O) groups excluding carboxylic acids is 1. The van der Waals surface area contributed by atoms with Crippen molar-refractivity contribution < 1.29 is 18.3 Å². The number of amides is 1. The molecule has 2 rings (SSSR count). The lowest BCUT2D eigenvalue weighted by molar-refractivity contribution is -0.135. The first-order valence-electron chi connectivity index (χ1n) is 6.98.